The third kappa shape index (κ3) is 4.36. The number of amides is 2. The summed E-state index contributed by atoms with van der Waals surface area (Å²) in [6.45, 7) is 3.89. The summed E-state index contributed by atoms with van der Waals surface area (Å²) >= 11 is 0. The van der Waals surface area contributed by atoms with E-state index in [0.29, 0.717) is 13.2 Å². The summed E-state index contributed by atoms with van der Waals surface area (Å²) in [7, 11) is 1.52. The Labute approximate surface area is 112 Å². The van der Waals surface area contributed by atoms with Gasteiger partial charge in [0.15, 0.2) is 0 Å². The predicted molar refractivity (Wildman–Crippen MR) is 67.9 cm³/mol. The Bertz CT molecular complexity index is 345. The molecule has 0 aromatic heterocycles. The summed E-state index contributed by atoms with van der Waals surface area (Å²) in [5, 5.41) is 21.5. The van der Waals surface area contributed by atoms with Crippen molar-refractivity contribution in [1.82, 2.24) is 10.2 Å². The number of carboxylic acid groups (broad SMARTS) is 1. The van der Waals surface area contributed by atoms with Gasteiger partial charge in [-0.3, -0.25) is 0 Å². The van der Waals surface area contributed by atoms with Gasteiger partial charge in [-0.25, -0.2) is 9.59 Å². The van der Waals surface area contributed by atoms with Gasteiger partial charge in [-0.15, -0.1) is 0 Å². The van der Waals surface area contributed by atoms with E-state index >= 15 is 0 Å². The molecule has 3 N–H and O–H groups in total. The number of carboxylic acids is 1. The van der Waals surface area contributed by atoms with Gasteiger partial charge in [0, 0.05) is 33.1 Å². The number of nitrogens with zero attached hydrogens (tertiary/aromatic N) is 1. The molecule has 1 aliphatic heterocycles. The highest BCUT2D eigenvalue weighted by Crippen LogP contribution is 2.21. The third-order valence-electron chi connectivity index (χ3n) is 3.07. The van der Waals surface area contributed by atoms with Crippen LogP contribution in [0.2, 0.25) is 0 Å². The molecule has 0 atom stereocenters. The lowest BCUT2D eigenvalue weighted by Crippen LogP contribution is -2.60. The van der Waals surface area contributed by atoms with E-state index in [-0.39, 0.29) is 19.4 Å². The summed E-state index contributed by atoms with van der Waals surface area (Å²) in [6, 6.07) is -0.508. The SMILES string of the molecule is CN(CC(C)(C)O)C(=O)NC1(C(=O)O)CCOCC1. The van der Waals surface area contributed by atoms with Gasteiger partial charge in [0.25, 0.3) is 0 Å². The van der Waals surface area contributed by atoms with Crippen molar-refractivity contribution in [2.45, 2.75) is 37.8 Å². The van der Waals surface area contributed by atoms with E-state index in [1.54, 1.807) is 13.8 Å². The molecular formula is C12H22N2O5. The largest absolute Gasteiger partial charge is 0.480 e. The predicted octanol–water partition coefficient (Wildman–Crippen LogP) is 0.0325. The maximum Gasteiger partial charge on any atom is 0.329 e. The highest BCUT2D eigenvalue weighted by atomic mass is 16.5. The Hall–Kier alpha value is -1.34. The Morgan fingerprint density at radius 1 is 1.37 bits per heavy atom. The zero-order valence-corrected chi connectivity index (χ0v) is 11.6. The molecule has 1 fully saturated rings. The summed E-state index contributed by atoms with van der Waals surface area (Å²) in [4.78, 5) is 24.7. The molecule has 0 saturated carbocycles. The van der Waals surface area contributed by atoms with Crippen LogP contribution in [0.5, 0.6) is 0 Å². The van der Waals surface area contributed by atoms with Crippen molar-refractivity contribution in [3.63, 3.8) is 0 Å². The first-order chi connectivity index (χ1) is 8.66. The van der Waals surface area contributed by atoms with Crippen molar-refractivity contribution in [3.8, 4) is 0 Å². The normalized spacial score (nSPS) is 18.7. The van der Waals surface area contributed by atoms with E-state index < -0.39 is 23.1 Å². The number of ether oxygens (including phenoxy) is 1. The van der Waals surface area contributed by atoms with Gasteiger partial charge in [-0.1, -0.05) is 0 Å². The van der Waals surface area contributed by atoms with Gasteiger partial charge >= 0.3 is 12.0 Å². The highest BCUT2D eigenvalue weighted by molar-refractivity contribution is 5.86. The van der Waals surface area contributed by atoms with Crippen molar-refractivity contribution in [1.29, 1.82) is 0 Å². The Balaban J connectivity index is 2.69. The zero-order chi connectivity index (χ0) is 14.7. The smallest absolute Gasteiger partial charge is 0.329 e. The van der Waals surface area contributed by atoms with Crippen LogP contribution in [0.3, 0.4) is 0 Å². The molecule has 0 aromatic rings. The van der Waals surface area contributed by atoms with Crippen molar-refractivity contribution in [2.75, 3.05) is 26.8 Å². The number of carbonyl (C=O) groups excluding carboxylic acids is 1. The first-order valence-electron chi connectivity index (χ1n) is 6.23. The Morgan fingerprint density at radius 3 is 2.32 bits per heavy atom. The first kappa shape index (κ1) is 15.7. The standard InChI is InChI=1S/C12H22N2O5/c1-11(2,18)8-14(3)10(17)13-12(9(15)16)4-6-19-7-5-12/h18H,4-8H2,1-3H3,(H,13,17)(H,15,16). The van der Waals surface area contributed by atoms with Crippen LogP contribution in [0, 0.1) is 0 Å². The van der Waals surface area contributed by atoms with E-state index in [9.17, 15) is 19.8 Å². The molecule has 1 rings (SSSR count). The summed E-state index contributed by atoms with van der Waals surface area (Å²) in [5.74, 6) is -1.05. The molecule has 1 heterocycles. The minimum absolute atomic E-state index is 0.116. The van der Waals surface area contributed by atoms with Crippen LogP contribution in [0.15, 0.2) is 0 Å². The minimum Gasteiger partial charge on any atom is -0.480 e. The average Bonchev–Trinajstić information content (AvgIpc) is 2.27. The topological polar surface area (TPSA) is 99.1 Å². The molecule has 1 aliphatic rings. The summed E-state index contributed by atoms with van der Waals surface area (Å²) < 4.78 is 5.13. The molecule has 0 spiro atoms. The van der Waals surface area contributed by atoms with E-state index in [1.807, 2.05) is 0 Å². The minimum atomic E-state index is -1.27. The van der Waals surface area contributed by atoms with Crippen molar-refractivity contribution < 1.29 is 24.5 Å². The lowest BCUT2D eigenvalue weighted by molar-refractivity contribution is -0.148. The van der Waals surface area contributed by atoms with Gasteiger partial charge in [-0.05, 0) is 13.8 Å². The second kappa shape index (κ2) is 5.75. The van der Waals surface area contributed by atoms with E-state index in [0.717, 1.165) is 0 Å². The Morgan fingerprint density at radius 2 is 1.89 bits per heavy atom. The van der Waals surface area contributed by atoms with E-state index in [4.69, 9.17) is 4.74 Å². The number of rotatable bonds is 4. The van der Waals surface area contributed by atoms with Crippen LogP contribution in [0.4, 0.5) is 4.79 Å². The molecule has 1 saturated heterocycles. The number of hydrogen-bond acceptors (Lipinski definition) is 4. The molecule has 7 nitrogen and oxygen atoms in total. The van der Waals surface area contributed by atoms with E-state index in [1.165, 1.54) is 11.9 Å². The number of carbonyl (C=O) groups is 2. The quantitative estimate of drug-likeness (QED) is 0.672. The number of hydrogen-bond donors (Lipinski definition) is 3. The highest BCUT2D eigenvalue weighted by Gasteiger charge is 2.42. The number of likely N-dealkylation sites (N-methyl/N-ethyl adjacent to an activating group) is 1. The van der Waals surface area contributed by atoms with Gasteiger partial charge in [0.2, 0.25) is 0 Å². The number of urea groups is 1. The maximum absolute atomic E-state index is 12.0. The molecular weight excluding hydrogens is 252 g/mol. The van der Waals surface area contributed by atoms with Crippen molar-refractivity contribution in [2.24, 2.45) is 0 Å². The lowest BCUT2D eigenvalue weighted by atomic mass is 9.90. The van der Waals surface area contributed by atoms with Gasteiger partial charge in [0.05, 0.1) is 12.1 Å². The molecule has 0 unspecified atom stereocenters. The molecule has 7 heteroatoms. The summed E-state index contributed by atoms with van der Waals surface area (Å²) in [5.41, 5.74) is -2.30. The van der Waals surface area contributed by atoms with Crippen LogP contribution in [-0.2, 0) is 9.53 Å². The molecule has 2 amide bonds. The van der Waals surface area contributed by atoms with Crippen LogP contribution >= 0.6 is 0 Å². The number of nitrogens with one attached hydrogen (secondary N) is 1. The van der Waals surface area contributed by atoms with Crippen LogP contribution in [-0.4, -0.2) is 65.1 Å². The molecule has 19 heavy (non-hydrogen) atoms. The molecule has 0 radical (unpaired) electrons. The van der Waals surface area contributed by atoms with Crippen LogP contribution in [0.1, 0.15) is 26.7 Å². The van der Waals surface area contributed by atoms with Gasteiger partial charge in [0.1, 0.15) is 5.54 Å². The second-order valence-corrected chi connectivity index (χ2v) is 5.60. The lowest BCUT2D eigenvalue weighted by Gasteiger charge is -2.36. The van der Waals surface area contributed by atoms with Crippen LogP contribution < -0.4 is 5.32 Å². The average molecular weight is 274 g/mol. The van der Waals surface area contributed by atoms with Gasteiger partial charge in [-0.2, -0.15) is 0 Å². The zero-order valence-electron chi connectivity index (χ0n) is 11.6. The second-order valence-electron chi connectivity index (χ2n) is 5.60. The maximum atomic E-state index is 12.0. The third-order valence-corrected chi connectivity index (χ3v) is 3.07. The monoisotopic (exact) mass is 274 g/mol. The molecule has 0 bridgehead atoms. The van der Waals surface area contributed by atoms with Gasteiger partial charge < -0.3 is 25.2 Å². The van der Waals surface area contributed by atoms with E-state index in [2.05, 4.69) is 5.32 Å². The molecule has 110 valence electrons. The van der Waals surface area contributed by atoms with Crippen molar-refractivity contribution in [3.05, 3.63) is 0 Å². The summed E-state index contributed by atoms with van der Waals surface area (Å²) in [6.07, 6.45) is 0.481. The van der Waals surface area contributed by atoms with Crippen LogP contribution in [0.25, 0.3) is 0 Å². The fourth-order valence-electron chi connectivity index (χ4n) is 2.06. The first-order valence-corrected chi connectivity index (χ1v) is 6.23. The molecule has 0 aliphatic carbocycles. The fraction of sp³-hybridized carbons (Fsp3) is 0.833. The van der Waals surface area contributed by atoms with Crippen molar-refractivity contribution >= 4 is 12.0 Å². The number of aliphatic hydroxyl groups is 1. The molecule has 0 aromatic carbocycles. The Kier molecular flexibility index (Phi) is 4.75. The fourth-order valence-corrected chi connectivity index (χ4v) is 2.06. The number of aliphatic carboxylic acids is 1.